The minimum atomic E-state index is -4.94. The number of nitrogens with two attached hydrogens (primary N) is 1. The van der Waals surface area contributed by atoms with Gasteiger partial charge in [0.25, 0.3) is 11.8 Å². The molecular weight excluding hydrogens is 622 g/mol. The molecule has 0 radical (unpaired) electrons. The molecule has 6 rings (SSSR count). The number of carbonyl (C=O) groups excluding carboxylic acids is 2. The van der Waals surface area contributed by atoms with Gasteiger partial charge in [0.15, 0.2) is 11.4 Å². The van der Waals surface area contributed by atoms with E-state index in [4.69, 9.17) is 15.3 Å². The second kappa shape index (κ2) is 11.5. The van der Waals surface area contributed by atoms with Gasteiger partial charge in [-0.25, -0.2) is 13.2 Å². The predicted molar refractivity (Wildman–Crippen MR) is 149 cm³/mol. The molecule has 3 aliphatic rings. The Morgan fingerprint density at radius 1 is 1.11 bits per heavy atom. The molecule has 1 spiro atoms. The monoisotopic (exact) mass is 650 g/mol. The molecule has 2 aromatic carbocycles. The minimum absolute atomic E-state index is 0.0439. The molecule has 2 saturated heterocycles. The van der Waals surface area contributed by atoms with E-state index >= 15 is 0 Å². The van der Waals surface area contributed by atoms with Gasteiger partial charge in [-0.05, 0) is 25.3 Å². The highest BCUT2D eigenvalue weighted by Gasteiger charge is 2.62. The SMILES string of the molecule is C[C@H]1CC[C@]2(CC(C(F)(F)F)N(Cc3c(F)cc(F)cc3F)O2)[C@H]2CN1C(=O)c1c(OCc3ccccc3)c(=O)c(C(N)=O)cn12. The normalized spacial score (nSPS) is 24.6. The first-order valence-electron chi connectivity index (χ1n) is 14.4. The third-order valence-electron chi connectivity index (χ3n) is 8.96. The van der Waals surface area contributed by atoms with Crippen molar-refractivity contribution in [3.8, 4) is 5.75 Å². The summed E-state index contributed by atoms with van der Waals surface area (Å²) in [5, 5.41) is 0.431. The van der Waals surface area contributed by atoms with Crippen molar-refractivity contribution >= 4 is 11.8 Å². The van der Waals surface area contributed by atoms with Gasteiger partial charge in [-0.15, -0.1) is 0 Å². The topological polar surface area (TPSA) is 107 Å². The van der Waals surface area contributed by atoms with E-state index in [2.05, 4.69) is 0 Å². The predicted octanol–water partition coefficient (Wildman–Crippen LogP) is 4.63. The van der Waals surface area contributed by atoms with Crippen LogP contribution >= 0.6 is 0 Å². The molecule has 9 nitrogen and oxygen atoms in total. The fourth-order valence-electron chi connectivity index (χ4n) is 6.58. The number of nitrogens with zero attached hydrogens (tertiary/aromatic N) is 3. The van der Waals surface area contributed by atoms with Gasteiger partial charge < -0.3 is 19.9 Å². The molecule has 4 heterocycles. The first-order chi connectivity index (χ1) is 21.7. The Morgan fingerprint density at radius 2 is 1.78 bits per heavy atom. The maximum absolute atomic E-state index is 14.6. The molecule has 0 aliphatic carbocycles. The Bertz CT molecular complexity index is 1740. The number of ether oxygens (including phenoxy) is 1. The van der Waals surface area contributed by atoms with Crippen LogP contribution in [0.1, 0.15) is 64.2 Å². The van der Waals surface area contributed by atoms with Gasteiger partial charge in [-0.1, -0.05) is 30.3 Å². The molecule has 2 fully saturated rings. The van der Waals surface area contributed by atoms with Gasteiger partial charge in [-0.3, -0.25) is 19.2 Å². The standard InChI is InChI=1S/C31H28F6N4O5/c1-16-7-8-30(11-23(31(35,36)37)41(46-30)13-19-21(33)9-18(32)10-22(19)34)24-14-39(16)29(44)25-27(45-15-17-5-3-2-4-6-17)26(42)20(28(38)43)12-40(24)25/h2-6,9-10,12,16,23-24H,7-8,11,13-15H2,1H3,(H2,38,43)/t16-,23?,24+,30-/m0/s1. The number of hydroxylamine groups is 2. The van der Waals surface area contributed by atoms with Crippen LogP contribution in [-0.4, -0.2) is 56.8 Å². The van der Waals surface area contributed by atoms with E-state index in [1.807, 2.05) is 0 Å². The van der Waals surface area contributed by atoms with Crippen LogP contribution in [0.2, 0.25) is 0 Å². The summed E-state index contributed by atoms with van der Waals surface area (Å²) < 4.78 is 93.5. The van der Waals surface area contributed by atoms with Gasteiger partial charge in [0.05, 0.1) is 12.6 Å². The van der Waals surface area contributed by atoms with Crippen LogP contribution < -0.4 is 15.9 Å². The third-order valence-corrected chi connectivity index (χ3v) is 8.96. The number of halogens is 6. The van der Waals surface area contributed by atoms with Crippen molar-refractivity contribution in [2.45, 2.75) is 69.2 Å². The van der Waals surface area contributed by atoms with E-state index in [1.54, 1.807) is 37.3 Å². The molecule has 3 aliphatic heterocycles. The summed E-state index contributed by atoms with van der Waals surface area (Å²) in [5.74, 6) is -6.31. The van der Waals surface area contributed by atoms with Crippen LogP contribution in [0.3, 0.4) is 0 Å². The van der Waals surface area contributed by atoms with Crippen molar-refractivity contribution in [1.29, 1.82) is 0 Å². The number of rotatable bonds is 6. The van der Waals surface area contributed by atoms with Crippen molar-refractivity contribution < 1.29 is 45.5 Å². The molecule has 4 atom stereocenters. The van der Waals surface area contributed by atoms with Crippen molar-refractivity contribution in [1.82, 2.24) is 14.5 Å². The number of aromatic nitrogens is 1. The zero-order valence-electron chi connectivity index (χ0n) is 24.3. The van der Waals surface area contributed by atoms with Crippen molar-refractivity contribution in [3.63, 3.8) is 0 Å². The van der Waals surface area contributed by atoms with E-state index in [0.29, 0.717) is 22.8 Å². The molecule has 46 heavy (non-hydrogen) atoms. The van der Waals surface area contributed by atoms with E-state index in [0.717, 1.165) is 6.20 Å². The Labute approximate surface area is 258 Å². The summed E-state index contributed by atoms with van der Waals surface area (Å²) in [7, 11) is 0. The van der Waals surface area contributed by atoms with Crippen molar-refractivity contribution in [3.05, 3.63) is 98.7 Å². The van der Waals surface area contributed by atoms with E-state index in [-0.39, 0.29) is 31.7 Å². The summed E-state index contributed by atoms with van der Waals surface area (Å²) >= 11 is 0. The molecular formula is C31H28F6N4O5. The molecule has 2 amide bonds. The molecule has 1 unspecified atom stereocenters. The lowest BCUT2D eigenvalue weighted by Gasteiger charge is -2.43. The molecule has 1 aromatic heterocycles. The van der Waals surface area contributed by atoms with Crippen LogP contribution in [0.15, 0.2) is 53.5 Å². The average molecular weight is 651 g/mol. The van der Waals surface area contributed by atoms with E-state index in [9.17, 15) is 40.7 Å². The Balaban J connectivity index is 1.49. The third kappa shape index (κ3) is 5.40. The number of amides is 2. The molecule has 15 heteroatoms. The number of pyridine rings is 1. The highest BCUT2D eigenvalue weighted by Crippen LogP contribution is 2.51. The number of fused-ring (bicyclic) bond motifs is 5. The maximum atomic E-state index is 14.6. The molecule has 244 valence electrons. The summed E-state index contributed by atoms with van der Waals surface area (Å²) in [6.07, 6.45) is -4.51. The first-order valence-corrected chi connectivity index (χ1v) is 14.4. The summed E-state index contributed by atoms with van der Waals surface area (Å²) in [4.78, 5) is 47.3. The van der Waals surface area contributed by atoms with Crippen LogP contribution in [0.5, 0.6) is 5.75 Å². The minimum Gasteiger partial charge on any atom is -0.483 e. The molecule has 2 N–H and O–H groups in total. The van der Waals surface area contributed by atoms with Gasteiger partial charge in [-0.2, -0.15) is 18.2 Å². The Hall–Kier alpha value is -4.37. The maximum Gasteiger partial charge on any atom is 0.406 e. The second-order valence-electron chi connectivity index (χ2n) is 11.8. The molecule has 2 bridgehead atoms. The lowest BCUT2D eigenvalue weighted by atomic mass is 9.83. The lowest BCUT2D eigenvalue weighted by molar-refractivity contribution is -0.269. The largest absolute Gasteiger partial charge is 0.483 e. The second-order valence-corrected chi connectivity index (χ2v) is 11.8. The summed E-state index contributed by atoms with van der Waals surface area (Å²) in [6.45, 7) is 0.327. The van der Waals surface area contributed by atoms with Crippen LogP contribution in [0.4, 0.5) is 26.3 Å². The van der Waals surface area contributed by atoms with Crippen molar-refractivity contribution in [2.24, 2.45) is 5.73 Å². The van der Waals surface area contributed by atoms with Gasteiger partial charge in [0.1, 0.15) is 41.3 Å². The number of carbonyl (C=O) groups is 2. The first kappa shape index (κ1) is 31.6. The number of primary amides is 1. The van der Waals surface area contributed by atoms with Crippen molar-refractivity contribution in [2.75, 3.05) is 6.54 Å². The smallest absolute Gasteiger partial charge is 0.406 e. The Morgan fingerprint density at radius 3 is 2.41 bits per heavy atom. The van der Waals surface area contributed by atoms with Crippen LogP contribution in [0, 0.1) is 17.5 Å². The van der Waals surface area contributed by atoms with Crippen LogP contribution in [-0.2, 0) is 18.0 Å². The Kier molecular flexibility index (Phi) is 7.87. The number of benzene rings is 2. The van der Waals surface area contributed by atoms with Gasteiger partial charge >= 0.3 is 6.18 Å². The average Bonchev–Trinajstić information content (AvgIpc) is 3.32. The quantitative estimate of drug-likeness (QED) is 0.390. The molecule has 3 aromatic rings. The summed E-state index contributed by atoms with van der Waals surface area (Å²) in [5.41, 5.74) is 1.76. The fraction of sp³-hybridized carbons (Fsp3) is 0.387. The number of hydrogen-bond acceptors (Lipinski definition) is 6. The lowest BCUT2D eigenvalue weighted by Crippen LogP contribution is -2.52. The van der Waals surface area contributed by atoms with E-state index in [1.165, 1.54) is 9.47 Å². The van der Waals surface area contributed by atoms with E-state index < -0.39 is 94.4 Å². The zero-order chi connectivity index (χ0) is 33.1. The molecule has 0 saturated carbocycles. The number of hydrogen-bond donors (Lipinski definition) is 1. The highest BCUT2D eigenvalue weighted by atomic mass is 19.4. The van der Waals surface area contributed by atoms with Gasteiger partial charge in [0.2, 0.25) is 5.43 Å². The number of alkyl halides is 3. The van der Waals surface area contributed by atoms with Gasteiger partial charge in [0, 0.05) is 42.9 Å². The summed E-state index contributed by atoms with van der Waals surface area (Å²) in [6, 6.07) is 5.33. The fourth-order valence-corrected chi connectivity index (χ4v) is 6.58. The van der Waals surface area contributed by atoms with Crippen LogP contribution in [0.25, 0.3) is 0 Å². The highest BCUT2D eigenvalue weighted by molar-refractivity contribution is 5.99. The zero-order valence-corrected chi connectivity index (χ0v) is 24.3.